The van der Waals surface area contributed by atoms with Gasteiger partial charge in [-0.15, -0.1) is 0 Å². The van der Waals surface area contributed by atoms with E-state index in [9.17, 15) is 45.2 Å². The van der Waals surface area contributed by atoms with Gasteiger partial charge in [0, 0.05) is 19.9 Å². The van der Waals surface area contributed by atoms with Crippen LogP contribution in [0.3, 0.4) is 0 Å². The largest absolute Gasteiger partial charge is 0.455 e. The minimum atomic E-state index is -1.68. The summed E-state index contributed by atoms with van der Waals surface area (Å²) in [6, 6.07) is 2.72. The quantitative estimate of drug-likeness (QED) is 0.120. The molecule has 0 bridgehead atoms. The van der Waals surface area contributed by atoms with Crippen molar-refractivity contribution in [3.63, 3.8) is 0 Å². The van der Waals surface area contributed by atoms with Crippen molar-refractivity contribution >= 4 is 17.5 Å². The van der Waals surface area contributed by atoms with E-state index in [4.69, 9.17) is 18.9 Å². The molecule has 212 valence electrons. The number of ether oxygens (including phenoxy) is 4. The molecule has 2 fully saturated rings. The number of aliphatic hydroxyl groups is 5. The summed E-state index contributed by atoms with van der Waals surface area (Å²) in [5, 5.41) is 67.6. The van der Waals surface area contributed by atoms with E-state index >= 15 is 0 Å². The predicted molar refractivity (Wildman–Crippen MR) is 123 cm³/mol. The van der Waals surface area contributed by atoms with Crippen molar-refractivity contribution in [2.45, 2.75) is 75.1 Å². The van der Waals surface area contributed by atoms with Crippen LogP contribution >= 0.6 is 0 Å². The molecule has 2 heterocycles. The smallest absolute Gasteiger partial charge is 0.311 e. The molecular weight excluding hydrogens is 514 g/mol. The average Bonchev–Trinajstić information content (AvgIpc) is 2.86. The third-order valence-electron chi connectivity index (χ3n) is 6.05. The topological polar surface area (TPSA) is 239 Å². The number of aliphatic hydroxyl groups excluding tert-OH is 5. The molecule has 2 aliphatic heterocycles. The molecule has 7 N–H and O–H groups in total. The van der Waals surface area contributed by atoms with Gasteiger partial charge in [0.25, 0.3) is 0 Å². The number of amides is 2. The SMILES string of the molecule is CC(=O)N[C@H]1[C@@H](Oc2ccccc2[N+](=O)[O-])O[C@H](CO[C@@H]2O[C@H](CO)[C@@H](O)[C@H](O)[C@H]2NC(C)=O)[C@H](O)[C@@H]1O. The summed E-state index contributed by atoms with van der Waals surface area (Å²) < 4.78 is 22.5. The maximum atomic E-state index is 11.7. The van der Waals surface area contributed by atoms with Crippen molar-refractivity contribution in [2.24, 2.45) is 0 Å². The first-order valence-corrected chi connectivity index (χ1v) is 11.6. The Balaban J connectivity index is 1.81. The minimum absolute atomic E-state index is 0.231. The van der Waals surface area contributed by atoms with E-state index in [-0.39, 0.29) is 5.75 Å². The average molecular weight is 545 g/mol. The molecule has 0 aliphatic carbocycles. The lowest BCUT2D eigenvalue weighted by atomic mass is 9.96. The molecule has 16 nitrogen and oxygen atoms in total. The lowest BCUT2D eigenvalue weighted by Crippen LogP contribution is -2.67. The summed E-state index contributed by atoms with van der Waals surface area (Å²) >= 11 is 0. The van der Waals surface area contributed by atoms with Crippen LogP contribution in [-0.2, 0) is 23.8 Å². The van der Waals surface area contributed by atoms with E-state index in [0.717, 1.165) is 13.8 Å². The molecule has 10 atom stereocenters. The van der Waals surface area contributed by atoms with Gasteiger partial charge in [0.05, 0.1) is 18.1 Å². The second-order valence-electron chi connectivity index (χ2n) is 8.86. The summed E-state index contributed by atoms with van der Waals surface area (Å²) in [7, 11) is 0. The van der Waals surface area contributed by atoms with Crippen molar-refractivity contribution < 1.29 is 59.0 Å². The number of hydrogen-bond donors (Lipinski definition) is 7. The maximum Gasteiger partial charge on any atom is 0.311 e. The molecule has 1 aromatic rings. The number of nitrogens with zero attached hydrogens (tertiary/aromatic N) is 1. The monoisotopic (exact) mass is 545 g/mol. The van der Waals surface area contributed by atoms with Gasteiger partial charge in [0.15, 0.2) is 12.0 Å². The van der Waals surface area contributed by atoms with Gasteiger partial charge in [-0.2, -0.15) is 0 Å². The van der Waals surface area contributed by atoms with Gasteiger partial charge in [-0.05, 0) is 6.07 Å². The molecular formula is C22H31N3O13. The van der Waals surface area contributed by atoms with E-state index in [0.29, 0.717) is 0 Å². The molecule has 1 aromatic carbocycles. The van der Waals surface area contributed by atoms with E-state index < -0.39 is 96.9 Å². The normalized spacial score (nSPS) is 35.2. The zero-order valence-electron chi connectivity index (χ0n) is 20.4. The Morgan fingerprint density at radius 1 is 0.921 bits per heavy atom. The molecule has 0 saturated carbocycles. The fourth-order valence-corrected chi connectivity index (χ4v) is 4.19. The first-order valence-electron chi connectivity index (χ1n) is 11.6. The first-order chi connectivity index (χ1) is 17.9. The van der Waals surface area contributed by atoms with Gasteiger partial charge in [0.1, 0.15) is 48.7 Å². The fourth-order valence-electron chi connectivity index (χ4n) is 4.19. The van der Waals surface area contributed by atoms with Gasteiger partial charge in [-0.3, -0.25) is 19.7 Å². The number of nitrogens with one attached hydrogen (secondary N) is 2. The first kappa shape index (κ1) is 29.6. The summed E-state index contributed by atoms with van der Waals surface area (Å²) in [6.45, 7) is 1.08. The molecule has 0 radical (unpaired) electrons. The number of rotatable bonds is 9. The number of nitro groups is 1. The van der Waals surface area contributed by atoms with Gasteiger partial charge in [-0.1, -0.05) is 12.1 Å². The lowest BCUT2D eigenvalue weighted by molar-refractivity contribution is -0.386. The van der Waals surface area contributed by atoms with Crippen LogP contribution < -0.4 is 15.4 Å². The van der Waals surface area contributed by atoms with Crippen LogP contribution in [0.25, 0.3) is 0 Å². The summed E-state index contributed by atoms with van der Waals surface area (Å²) in [5.74, 6) is -1.42. The van der Waals surface area contributed by atoms with E-state index in [2.05, 4.69) is 10.6 Å². The number of carbonyl (C=O) groups is 2. The van der Waals surface area contributed by atoms with Crippen molar-refractivity contribution in [1.82, 2.24) is 10.6 Å². The molecule has 0 aromatic heterocycles. The van der Waals surface area contributed by atoms with Crippen molar-refractivity contribution in [2.75, 3.05) is 13.2 Å². The Morgan fingerprint density at radius 2 is 1.45 bits per heavy atom. The van der Waals surface area contributed by atoms with Gasteiger partial charge < -0.3 is 55.1 Å². The zero-order chi connectivity index (χ0) is 28.1. The highest BCUT2D eigenvalue weighted by atomic mass is 16.7. The number of nitro benzene ring substituents is 1. The van der Waals surface area contributed by atoms with E-state index in [1.54, 1.807) is 0 Å². The molecule has 3 rings (SSSR count). The Kier molecular flexibility index (Phi) is 9.91. The molecule has 2 amide bonds. The highest BCUT2D eigenvalue weighted by Gasteiger charge is 2.49. The van der Waals surface area contributed by atoms with Gasteiger partial charge in [0.2, 0.25) is 18.1 Å². The standard InChI is InChI=1S/C22H31N3O13/c1-9(27)23-15-19(31)17(29)13(7-26)37-21(15)35-8-14-18(30)20(32)16(24-10(2)28)22(38-14)36-12-6-4-3-5-11(12)25(33)34/h3-6,13-22,26,29-32H,7-8H2,1-2H3,(H,23,27)(H,24,28)/t13-,14-,15-,16-,17-,18+,19-,20-,21-,22+/m1/s1. The zero-order valence-corrected chi connectivity index (χ0v) is 20.4. The van der Waals surface area contributed by atoms with Crippen molar-refractivity contribution in [1.29, 1.82) is 0 Å². The Labute approximate surface area is 216 Å². The number of benzene rings is 1. The van der Waals surface area contributed by atoms with Crippen LogP contribution in [0.15, 0.2) is 24.3 Å². The van der Waals surface area contributed by atoms with Crippen LogP contribution in [0.5, 0.6) is 5.75 Å². The molecule has 16 heteroatoms. The highest BCUT2D eigenvalue weighted by Crippen LogP contribution is 2.31. The van der Waals surface area contributed by atoms with Crippen LogP contribution in [0.1, 0.15) is 13.8 Å². The summed E-state index contributed by atoms with van der Waals surface area (Å²) in [5.41, 5.74) is -0.414. The van der Waals surface area contributed by atoms with Gasteiger partial charge >= 0.3 is 5.69 Å². The van der Waals surface area contributed by atoms with Crippen LogP contribution in [0, 0.1) is 10.1 Å². The lowest BCUT2D eigenvalue weighted by Gasteiger charge is -2.44. The Bertz CT molecular complexity index is 997. The van der Waals surface area contributed by atoms with Crippen molar-refractivity contribution in [3.05, 3.63) is 34.4 Å². The minimum Gasteiger partial charge on any atom is -0.455 e. The van der Waals surface area contributed by atoms with Gasteiger partial charge in [-0.25, -0.2) is 0 Å². The highest BCUT2D eigenvalue weighted by molar-refractivity contribution is 5.73. The summed E-state index contributed by atoms with van der Waals surface area (Å²) in [6.07, 6.45) is -12.0. The number of carbonyl (C=O) groups excluding carboxylic acids is 2. The molecule has 38 heavy (non-hydrogen) atoms. The predicted octanol–water partition coefficient (Wildman–Crippen LogP) is -3.11. The van der Waals surface area contributed by atoms with E-state index in [1.165, 1.54) is 24.3 Å². The summed E-state index contributed by atoms with van der Waals surface area (Å²) in [4.78, 5) is 34.0. The third-order valence-corrected chi connectivity index (χ3v) is 6.05. The third kappa shape index (κ3) is 6.72. The van der Waals surface area contributed by atoms with E-state index in [1.807, 2.05) is 0 Å². The van der Waals surface area contributed by atoms with Crippen molar-refractivity contribution in [3.8, 4) is 5.75 Å². The molecule has 2 saturated heterocycles. The molecule has 0 spiro atoms. The molecule has 2 aliphatic rings. The molecule has 0 unspecified atom stereocenters. The second-order valence-corrected chi connectivity index (χ2v) is 8.86. The second kappa shape index (κ2) is 12.7. The maximum absolute atomic E-state index is 11.7. The Morgan fingerprint density at radius 3 is 2.00 bits per heavy atom. The van der Waals surface area contributed by atoms with Crippen LogP contribution in [0.2, 0.25) is 0 Å². The van der Waals surface area contributed by atoms with Crippen LogP contribution in [0.4, 0.5) is 5.69 Å². The van der Waals surface area contributed by atoms with Crippen LogP contribution in [-0.4, -0.2) is 117 Å². The fraction of sp³-hybridized carbons (Fsp3) is 0.636. The number of hydrogen-bond acceptors (Lipinski definition) is 13. The number of para-hydroxylation sites is 2. The Hall–Kier alpha value is -2.96.